The van der Waals surface area contributed by atoms with Gasteiger partial charge in [0.15, 0.2) is 17.5 Å². The number of rotatable bonds is 6. The zero-order valence-electron chi connectivity index (χ0n) is 27.4. The first-order chi connectivity index (χ1) is 24.7. The van der Waals surface area contributed by atoms with Crippen LogP contribution in [0.3, 0.4) is 0 Å². The predicted octanol–water partition coefficient (Wildman–Crippen LogP) is 12.1. The van der Waals surface area contributed by atoms with Crippen LogP contribution in [-0.2, 0) is 0 Å². The number of furan rings is 1. The van der Waals surface area contributed by atoms with Crippen molar-refractivity contribution in [3.8, 4) is 67.5 Å². The van der Waals surface area contributed by atoms with Gasteiger partial charge >= 0.3 is 0 Å². The molecular weight excluding hydrogens is 611 g/mol. The van der Waals surface area contributed by atoms with Crippen molar-refractivity contribution >= 4 is 21.9 Å². The van der Waals surface area contributed by atoms with Crippen molar-refractivity contribution in [3.63, 3.8) is 0 Å². The second-order valence-corrected chi connectivity index (χ2v) is 12.5. The molecule has 2 aromatic heterocycles. The fourth-order valence-electron chi connectivity index (χ4n) is 6.66. The first-order valence-corrected chi connectivity index (χ1v) is 16.8. The van der Waals surface area contributed by atoms with E-state index in [1.807, 2.05) is 42.5 Å². The fraction of sp³-hybridized carbons (Fsp3) is 0.0217. The van der Waals surface area contributed by atoms with E-state index < -0.39 is 0 Å². The summed E-state index contributed by atoms with van der Waals surface area (Å²) in [5, 5.41) is 2.14. The Labute approximate surface area is 290 Å². The molecule has 0 aliphatic carbocycles. The van der Waals surface area contributed by atoms with Gasteiger partial charge in [-0.1, -0.05) is 151 Å². The Kier molecular flexibility index (Phi) is 7.33. The van der Waals surface area contributed by atoms with Gasteiger partial charge in [0.2, 0.25) is 0 Å². The van der Waals surface area contributed by atoms with Crippen molar-refractivity contribution in [1.82, 2.24) is 15.0 Å². The minimum Gasteiger partial charge on any atom is -0.455 e. The summed E-state index contributed by atoms with van der Waals surface area (Å²) in [5.41, 5.74) is 12.3. The Balaban J connectivity index is 1.23. The highest BCUT2D eigenvalue weighted by atomic mass is 16.3. The summed E-state index contributed by atoms with van der Waals surface area (Å²) in [5.74, 6) is 1.82. The van der Waals surface area contributed by atoms with E-state index in [0.29, 0.717) is 17.5 Å². The average Bonchev–Trinajstić information content (AvgIpc) is 3.58. The molecule has 0 N–H and O–H groups in total. The van der Waals surface area contributed by atoms with Crippen LogP contribution in [-0.4, -0.2) is 15.0 Å². The van der Waals surface area contributed by atoms with Gasteiger partial charge in [0, 0.05) is 33.0 Å². The largest absolute Gasteiger partial charge is 0.455 e. The van der Waals surface area contributed by atoms with Crippen LogP contribution in [0.5, 0.6) is 0 Å². The molecule has 0 fully saturated rings. The van der Waals surface area contributed by atoms with Crippen LogP contribution in [0.25, 0.3) is 89.5 Å². The Morgan fingerprint density at radius 3 is 1.54 bits per heavy atom. The summed E-state index contributed by atoms with van der Waals surface area (Å²) in [7, 11) is 0. The lowest BCUT2D eigenvalue weighted by Gasteiger charge is -2.10. The van der Waals surface area contributed by atoms with Crippen molar-refractivity contribution in [3.05, 3.63) is 175 Å². The molecule has 0 radical (unpaired) electrons. The molecule has 0 unspecified atom stereocenters. The Bertz CT molecular complexity index is 2630. The maximum absolute atomic E-state index is 6.79. The summed E-state index contributed by atoms with van der Waals surface area (Å²) in [6, 6.07) is 58.6. The lowest BCUT2D eigenvalue weighted by Crippen LogP contribution is -2.00. The molecule has 4 heteroatoms. The van der Waals surface area contributed by atoms with Gasteiger partial charge in [-0.15, -0.1) is 0 Å². The van der Waals surface area contributed by atoms with Gasteiger partial charge in [-0.05, 0) is 59.0 Å². The highest BCUT2D eigenvalue weighted by molar-refractivity contribution is 6.16. The molecule has 0 spiro atoms. The van der Waals surface area contributed by atoms with E-state index in [1.54, 1.807) is 0 Å². The first kappa shape index (κ1) is 29.5. The predicted molar refractivity (Wildman–Crippen MR) is 204 cm³/mol. The fourth-order valence-corrected chi connectivity index (χ4v) is 6.66. The molecule has 0 atom stereocenters. The van der Waals surface area contributed by atoms with Crippen LogP contribution in [0.15, 0.2) is 174 Å². The number of hydrogen-bond acceptors (Lipinski definition) is 4. The van der Waals surface area contributed by atoms with Gasteiger partial charge in [-0.2, -0.15) is 0 Å². The molecule has 50 heavy (non-hydrogen) atoms. The number of aryl methyl sites for hydroxylation is 1. The van der Waals surface area contributed by atoms with E-state index in [4.69, 9.17) is 19.4 Å². The van der Waals surface area contributed by atoms with Gasteiger partial charge in [0.25, 0.3) is 0 Å². The average molecular weight is 642 g/mol. The van der Waals surface area contributed by atoms with Crippen molar-refractivity contribution in [2.75, 3.05) is 0 Å². The van der Waals surface area contributed by atoms with Crippen LogP contribution >= 0.6 is 0 Å². The van der Waals surface area contributed by atoms with Crippen molar-refractivity contribution in [1.29, 1.82) is 0 Å². The Hall–Kier alpha value is -6.65. The molecule has 0 saturated carbocycles. The number of fused-ring (bicyclic) bond motifs is 3. The molecule has 0 bridgehead atoms. The first-order valence-electron chi connectivity index (χ1n) is 16.8. The normalized spacial score (nSPS) is 11.3. The Morgan fingerprint density at radius 2 is 0.880 bits per heavy atom. The molecule has 0 aliphatic rings. The SMILES string of the molecule is Cc1ccc(-c2cccc(-c3nc(-c4ccccc4)nc(-c4ccc5c(c4)oc4c(-c6ccccc6)ccc(-c6ccccc6)c45)n3)c2)cc1. The molecule has 236 valence electrons. The third-order valence-corrected chi connectivity index (χ3v) is 9.22. The summed E-state index contributed by atoms with van der Waals surface area (Å²) in [6.07, 6.45) is 0. The van der Waals surface area contributed by atoms with Crippen LogP contribution < -0.4 is 0 Å². The molecule has 4 nitrogen and oxygen atoms in total. The lowest BCUT2D eigenvalue weighted by molar-refractivity contribution is 0.670. The molecule has 2 heterocycles. The molecular formula is C46H31N3O. The molecule has 7 aromatic carbocycles. The van der Waals surface area contributed by atoms with Gasteiger partial charge in [-0.25, -0.2) is 15.0 Å². The van der Waals surface area contributed by atoms with E-state index in [0.717, 1.165) is 72.0 Å². The van der Waals surface area contributed by atoms with E-state index in [-0.39, 0.29) is 0 Å². The molecule has 9 aromatic rings. The lowest BCUT2D eigenvalue weighted by atomic mass is 9.94. The van der Waals surface area contributed by atoms with E-state index in [2.05, 4.69) is 134 Å². The number of benzene rings is 7. The second-order valence-electron chi connectivity index (χ2n) is 12.5. The minimum atomic E-state index is 0.587. The molecule has 0 saturated heterocycles. The monoisotopic (exact) mass is 641 g/mol. The zero-order valence-corrected chi connectivity index (χ0v) is 27.4. The second kappa shape index (κ2) is 12.4. The maximum Gasteiger partial charge on any atom is 0.164 e. The summed E-state index contributed by atoms with van der Waals surface area (Å²) in [6.45, 7) is 2.10. The molecule has 0 amide bonds. The number of aromatic nitrogens is 3. The van der Waals surface area contributed by atoms with Gasteiger partial charge in [-0.3, -0.25) is 0 Å². The van der Waals surface area contributed by atoms with Crippen LogP contribution in [0, 0.1) is 6.92 Å². The zero-order chi connectivity index (χ0) is 33.4. The maximum atomic E-state index is 6.79. The highest BCUT2D eigenvalue weighted by Crippen LogP contribution is 2.42. The molecule has 9 rings (SSSR count). The van der Waals surface area contributed by atoms with Crippen LogP contribution in [0.4, 0.5) is 0 Å². The standard InChI is InChI=1S/C46H31N3O/c1-30-20-22-31(23-21-30)35-18-11-19-36(28-35)45-47-44(34-16-9-4-10-17-34)48-46(49-45)37-24-25-40-41(29-37)50-43-39(33-14-7-3-8-15-33)27-26-38(42(40)43)32-12-5-2-6-13-32/h2-29H,1H3. The van der Waals surface area contributed by atoms with Gasteiger partial charge < -0.3 is 4.42 Å². The Morgan fingerprint density at radius 1 is 0.380 bits per heavy atom. The topological polar surface area (TPSA) is 51.8 Å². The van der Waals surface area contributed by atoms with Gasteiger partial charge in [0.1, 0.15) is 11.2 Å². The van der Waals surface area contributed by atoms with Crippen LogP contribution in [0.2, 0.25) is 0 Å². The van der Waals surface area contributed by atoms with E-state index in [1.165, 1.54) is 5.56 Å². The van der Waals surface area contributed by atoms with Crippen molar-refractivity contribution in [2.24, 2.45) is 0 Å². The van der Waals surface area contributed by atoms with Gasteiger partial charge in [0.05, 0.1) is 0 Å². The number of nitrogens with zero attached hydrogens (tertiary/aromatic N) is 3. The van der Waals surface area contributed by atoms with Crippen molar-refractivity contribution in [2.45, 2.75) is 6.92 Å². The summed E-state index contributed by atoms with van der Waals surface area (Å²) in [4.78, 5) is 15.1. The highest BCUT2D eigenvalue weighted by Gasteiger charge is 2.19. The quantitative estimate of drug-likeness (QED) is 0.181. The van der Waals surface area contributed by atoms with Crippen LogP contribution in [0.1, 0.15) is 5.56 Å². The molecule has 0 aliphatic heterocycles. The summed E-state index contributed by atoms with van der Waals surface area (Å²) >= 11 is 0. The smallest absolute Gasteiger partial charge is 0.164 e. The number of hydrogen-bond donors (Lipinski definition) is 0. The third-order valence-electron chi connectivity index (χ3n) is 9.22. The van der Waals surface area contributed by atoms with E-state index >= 15 is 0 Å². The van der Waals surface area contributed by atoms with E-state index in [9.17, 15) is 0 Å². The third kappa shape index (κ3) is 5.43. The van der Waals surface area contributed by atoms with Crippen molar-refractivity contribution < 1.29 is 4.42 Å². The minimum absolute atomic E-state index is 0.587. The summed E-state index contributed by atoms with van der Waals surface area (Å²) < 4.78 is 6.79.